The molecule has 1 aromatic carbocycles. The van der Waals surface area contributed by atoms with Crippen molar-refractivity contribution in [3.05, 3.63) is 29.6 Å². The second-order valence-electron chi connectivity index (χ2n) is 3.99. The maximum atomic E-state index is 13.6. The fourth-order valence-corrected chi connectivity index (χ4v) is 2.61. The van der Waals surface area contributed by atoms with Crippen molar-refractivity contribution in [1.29, 1.82) is 0 Å². The largest absolute Gasteiger partial charge is 0.389 e. The van der Waals surface area contributed by atoms with Crippen molar-refractivity contribution >= 4 is 11.8 Å². The first-order chi connectivity index (χ1) is 7.52. The zero-order valence-corrected chi connectivity index (χ0v) is 10.7. The van der Waals surface area contributed by atoms with E-state index in [9.17, 15) is 9.50 Å². The third-order valence-electron chi connectivity index (χ3n) is 2.23. The Morgan fingerprint density at radius 3 is 2.69 bits per heavy atom. The summed E-state index contributed by atoms with van der Waals surface area (Å²) in [6.45, 7) is 2.54. The highest BCUT2D eigenvalue weighted by Gasteiger charge is 2.12. The fourth-order valence-electron chi connectivity index (χ4n) is 1.34. The van der Waals surface area contributed by atoms with E-state index in [0.29, 0.717) is 10.5 Å². The third-order valence-corrected chi connectivity index (χ3v) is 3.34. The van der Waals surface area contributed by atoms with Crippen LogP contribution < -0.4 is 0 Å². The van der Waals surface area contributed by atoms with Gasteiger partial charge in [-0.1, -0.05) is 12.1 Å². The van der Waals surface area contributed by atoms with Crippen LogP contribution in [0.25, 0.3) is 0 Å². The molecule has 0 heterocycles. The monoisotopic (exact) mass is 243 g/mol. The van der Waals surface area contributed by atoms with E-state index in [-0.39, 0.29) is 5.82 Å². The molecule has 0 bridgehead atoms. The van der Waals surface area contributed by atoms with Crippen molar-refractivity contribution < 1.29 is 9.50 Å². The zero-order valence-electron chi connectivity index (χ0n) is 9.90. The van der Waals surface area contributed by atoms with Gasteiger partial charge in [-0.15, -0.1) is 11.8 Å². The summed E-state index contributed by atoms with van der Waals surface area (Å²) in [4.78, 5) is 2.62. The molecular weight excluding hydrogens is 225 g/mol. The van der Waals surface area contributed by atoms with Gasteiger partial charge in [0.15, 0.2) is 0 Å². The first kappa shape index (κ1) is 13.5. The van der Waals surface area contributed by atoms with E-state index < -0.39 is 6.10 Å². The maximum absolute atomic E-state index is 13.6. The van der Waals surface area contributed by atoms with Gasteiger partial charge < -0.3 is 10.0 Å². The van der Waals surface area contributed by atoms with Gasteiger partial charge in [-0.25, -0.2) is 4.39 Å². The molecule has 0 saturated carbocycles. The van der Waals surface area contributed by atoms with Crippen LogP contribution in [0.3, 0.4) is 0 Å². The Morgan fingerprint density at radius 2 is 2.12 bits per heavy atom. The molecule has 0 fully saturated rings. The van der Waals surface area contributed by atoms with Crippen molar-refractivity contribution in [3.8, 4) is 0 Å². The second-order valence-corrected chi connectivity index (χ2v) is 5.09. The summed E-state index contributed by atoms with van der Waals surface area (Å²) in [7, 11) is 3.97. The van der Waals surface area contributed by atoms with Crippen LogP contribution in [0.1, 0.15) is 18.6 Å². The van der Waals surface area contributed by atoms with Crippen LogP contribution in [-0.4, -0.2) is 36.4 Å². The molecule has 0 spiro atoms. The van der Waals surface area contributed by atoms with E-state index in [1.54, 1.807) is 19.1 Å². The van der Waals surface area contributed by atoms with Gasteiger partial charge in [-0.3, -0.25) is 0 Å². The Morgan fingerprint density at radius 1 is 1.44 bits per heavy atom. The highest BCUT2D eigenvalue weighted by atomic mass is 32.2. The molecule has 90 valence electrons. The van der Waals surface area contributed by atoms with Gasteiger partial charge >= 0.3 is 0 Å². The number of benzene rings is 1. The van der Waals surface area contributed by atoms with Crippen LogP contribution >= 0.6 is 11.8 Å². The molecule has 0 amide bonds. The number of aliphatic hydroxyl groups excluding tert-OH is 1. The number of aliphatic hydroxyl groups is 1. The summed E-state index contributed by atoms with van der Waals surface area (Å²) < 4.78 is 13.6. The first-order valence-corrected chi connectivity index (χ1v) is 6.25. The molecule has 0 aromatic heterocycles. The van der Waals surface area contributed by atoms with E-state index in [0.717, 1.165) is 12.3 Å². The zero-order chi connectivity index (χ0) is 12.1. The van der Waals surface area contributed by atoms with Crippen molar-refractivity contribution in [1.82, 2.24) is 4.90 Å². The summed E-state index contributed by atoms with van der Waals surface area (Å²) in [5.74, 6) is 0.565. The van der Waals surface area contributed by atoms with Crippen LogP contribution in [0.15, 0.2) is 23.1 Å². The van der Waals surface area contributed by atoms with Crippen LogP contribution in [-0.2, 0) is 0 Å². The molecule has 16 heavy (non-hydrogen) atoms. The molecule has 0 saturated heterocycles. The van der Waals surface area contributed by atoms with E-state index in [1.807, 2.05) is 14.1 Å². The Labute approximate surface area is 100 Å². The lowest BCUT2D eigenvalue weighted by Crippen LogP contribution is -2.15. The summed E-state index contributed by atoms with van der Waals surface area (Å²) in [6.07, 6.45) is -0.627. The summed E-state index contributed by atoms with van der Waals surface area (Å²) in [5.41, 5.74) is 0.670. The van der Waals surface area contributed by atoms with Gasteiger partial charge in [-0.2, -0.15) is 0 Å². The SMILES string of the molecule is C[C@H](O)c1cccc(F)c1SCCN(C)C. The standard InChI is InChI=1S/C12H18FNOS/c1-9(15)10-5-4-6-11(13)12(10)16-8-7-14(2)3/h4-6,9,15H,7-8H2,1-3H3/t9-/m0/s1. The Hall–Kier alpha value is -0.580. The molecule has 2 nitrogen and oxygen atoms in total. The van der Waals surface area contributed by atoms with Gasteiger partial charge in [0, 0.05) is 17.2 Å². The molecule has 4 heteroatoms. The van der Waals surface area contributed by atoms with Gasteiger partial charge in [-0.05, 0) is 32.6 Å². The van der Waals surface area contributed by atoms with Crippen LogP contribution in [0.5, 0.6) is 0 Å². The van der Waals surface area contributed by atoms with Crippen LogP contribution in [0, 0.1) is 5.82 Å². The lowest BCUT2D eigenvalue weighted by atomic mass is 10.1. The van der Waals surface area contributed by atoms with Crippen LogP contribution in [0.4, 0.5) is 4.39 Å². The quantitative estimate of drug-likeness (QED) is 0.804. The van der Waals surface area contributed by atoms with E-state index >= 15 is 0 Å². The van der Waals surface area contributed by atoms with Gasteiger partial charge in [0.05, 0.1) is 6.10 Å². The molecule has 0 aliphatic rings. The third kappa shape index (κ3) is 3.77. The average Bonchev–Trinajstić information content (AvgIpc) is 2.19. The molecule has 0 aliphatic heterocycles. The lowest BCUT2D eigenvalue weighted by Gasteiger charge is -2.14. The molecule has 1 N–H and O–H groups in total. The number of halogens is 1. The maximum Gasteiger partial charge on any atom is 0.137 e. The minimum atomic E-state index is -0.627. The summed E-state index contributed by atoms with van der Waals surface area (Å²) >= 11 is 1.45. The molecule has 0 unspecified atom stereocenters. The predicted molar refractivity (Wildman–Crippen MR) is 66.3 cm³/mol. The van der Waals surface area contributed by atoms with E-state index in [1.165, 1.54) is 17.8 Å². The first-order valence-electron chi connectivity index (χ1n) is 5.26. The number of rotatable bonds is 5. The fraction of sp³-hybridized carbons (Fsp3) is 0.500. The molecule has 0 radical (unpaired) electrons. The van der Waals surface area contributed by atoms with E-state index in [4.69, 9.17) is 0 Å². The molecule has 1 atom stereocenters. The molecular formula is C12H18FNOS. The Balaban J connectivity index is 2.76. The number of hydrogen-bond donors (Lipinski definition) is 1. The van der Waals surface area contributed by atoms with Gasteiger partial charge in [0.1, 0.15) is 5.82 Å². The molecule has 1 rings (SSSR count). The number of nitrogens with zero attached hydrogens (tertiary/aromatic N) is 1. The minimum Gasteiger partial charge on any atom is -0.389 e. The van der Waals surface area contributed by atoms with Crippen molar-refractivity contribution in [2.45, 2.75) is 17.9 Å². The predicted octanol–water partition coefficient (Wildman–Crippen LogP) is 2.53. The highest BCUT2D eigenvalue weighted by molar-refractivity contribution is 7.99. The Bertz CT molecular complexity index is 342. The van der Waals surface area contributed by atoms with Crippen LogP contribution in [0.2, 0.25) is 0 Å². The van der Waals surface area contributed by atoms with Crippen molar-refractivity contribution in [2.75, 3.05) is 26.4 Å². The number of thioether (sulfide) groups is 1. The second kappa shape index (κ2) is 6.23. The van der Waals surface area contributed by atoms with E-state index in [2.05, 4.69) is 4.90 Å². The Kier molecular flexibility index (Phi) is 5.25. The number of hydrogen-bond acceptors (Lipinski definition) is 3. The minimum absolute atomic E-state index is 0.248. The molecule has 0 aliphatic carbocycles. The smallest absolute Gasteiger partial charge is 0.137 e. The topological polar surface area (TPSA) is 23.5 Å². The van der Waals surface area contributed by atoms with Crippen molar-refractivity contribution in [3.63, 3.8) is 0 Å². The molecule has 1 aromatic rings. The summed E-state index contributed by atoms with van der Waals surface area (Å²) in [6, 6.07) is 4.84. The average molecular weight is 243 g/mol. The summed E-state index contributed by atoms with van der Waals surface area (Å²) in [5, 5.41) is 9.55. The van der Waals surface area contributed by atoms with Gasteiger partial charge in [0.2, 0.25) is 0 Å². The van der Waals surface area contributed by atoms with Crippen molar-refractivity contribution in [2.24, 2.45) is 0 Å². The van der Waals surface area contributed by atoms with Gasteiger partial charge in [0.25, 0.3) is 0 Å². The lowest BCUT2D eigenvalue weighted by molar-refractivity contribution is 0.195. The normalized spacial score (nSPS) is 13.1. The highest BCUT2D eigenvalue weighted by Crippen LogP contribution is 2.29.